The predicted molar refractivity (Wildman–Crippen MR) is 97.0 cm³/mol. The van der Waals surface area contributed by atoms with Crippen LogP contribution in [0, 0.1) is 0 Å². The van der Waals surface area contributed by atoms with Gasteiger partial charge in [0.25, 0.3) is 0 Å². The Kier molecular flexibility index (Phi) is 3.81. The number of benzene rings is 3. The Morgan fingerprint density at radius 2 is 1.46 bits per heavy atom. The Morgan fingerprint density at radius 1 is 0.833 bits per heavy atom. The molecule has 24 heavy (non-hydrogen) atoms. The van der Waals surface area contributed by atoms with Crippen molar-refractivity contribution in [3.8, 4) is 11.4 Å². The van der Waals surface area contributed by atoms with Gasteiger partial charge < -0.3 is 10.1 Å². The van der Waals surface area contributed by atoms with Crippen LogP contribution in [0.3, 0.4) is 0 Å². The zero-order valence-electron chi connectivity index (χ0n) is 12.8. The van der Waals surface area contributed by atoms with Crippen molar-refractivity contribution >= 4 is 22.6 Å². The Morgan fingerprint density at radius 3 is 2.12 bits per heavy atom. The Balaban J connectivity index is 1.63. The van der Waals surface area contributed by atoms with Gasteiger partial charge in [0.05, 0.1) is 11.0 Å². The van der Waals surface area contributed by atoms with Crippen LogP contribution in [-0.2, 0) is 0 Å². The van der Waals surface area contributed by atoms with Gasteiger partial charge in [-0.2, -0.15) is 0 Å². The van der Waals surface area contributed by atoms with Crippen molar-refractivity contribution in [1.29, 1.82) is 0 Å². The van der Waals surface area contributed by atoms with E-state index in [1.165, 1.54) is 0 Å². The molecule has 1 aromatic heterocycles. The van der Waals surface area contributed by atoms with Gasteiger partial charge in [-0.25, -0.2) is 4.98 Å². The van der Waals surface area contributed by atoms with Gasteiger partial charge >= 0.3 is 0 Å². The van der Waals surface area contributed by atoms with Gasteiger partial charge in [-0.15, -0.1) is 0 Å². The highest BCUT2D eigenvalue weighted by molar-refractivity contribution is 6.30. The summed E-state index contributed by atoms with van der Waals surface area (Å²) in [5.41, 5.74) is 4.59. The summed E-state index contributed by atoms with van der Waals surface area (Å²) >= 11 is 5.89. The second-order valence-corrected chi connectivity index (χ2v) is 6.12. The summed E-state index contributed by atoms with van der Waals surface area (Å²) in [7, 11) is 0. The van der Waals surface area contributed by atoms with E-state index in [4.69, 9.17) is 11.6 Å². The molecule has 3 aromatic carbocycles. The fraction of sp³-hybridized carbons (Fsp3) is 0.0500. The van der Waals surface area contributed by atoms with Crippen molar-refractivity contribution in [3.63, 3.8) is 0 Å². The van der Waals surface area contributed by atoms with Crippen LogP contribution in [0.1, 0.15) is 17.2 Å². The highest BCUT2D eigenvalue weighted by Crippen LogP contribution is 2.26. The van der Waals surface area contributed by atoms with Crippen molar-refractivity contribution in [1.82, 2.24) is 9.97 Å². The summed E-state index contributed by atoms with van der Waals surface area (Å²) in [6.07, 6.45) is -0.674. The second kappa shape index (κ2) is 6.11. The van der Waals surface area contributed by atoms with Gasteiger partial charge in [0.2, 0.25) is 0 Å². The van der Waals surface area contributed by atoms with Crippen molar-refractivity contribution in [2.45, 2.75) is 6.10 Å². The molecule has 4 aromatic rings. The first-order valence-corrected chi connectivity index (χ1v) is 8.07. The number of nitrogens with zero attached hydrogens (tertiary/aromatic N) is 1. The number of hydrogen-bond acceptors (Lipinski definition) is 2. The summed E-state index contributed by atoms with van der Waals surface area (Å²) in [6, 6.07) is 22.9. The smallest absolute Gasteiger partial charge is 0.138 e. The average molecular weight is 335 g/mol. The quantitative estimate of drug-likeness (QED) is 0.556. The van der Waals surface area contributed by atoms with Crippen molar-refractivity contribution < 1.29 is 5.11 Å². The number of nitrogens with one attached hydrogen (secondary N) is 1. The van der Waals surface area contributed by atoms with E-state index in [1.54, 1.807) is 12.1 Å². The zero-order chi connectivity index (χ0) is 16.5. The van der Waals surface area contributed by atoms with Crippen molar-refractivity contribution in [3.05, 3.63) is 88.9 Å². The predicted octanol–water partition coefficient (Wildman–Crippen LogP) is 4.97. The van der Waals surface area contributed by atoms with Crippen LogP contribution in [0.2, 0.25) is 5.02 Å². The van der Waals surface area contributed by atoms with Crippen molar-refractivity contribution in [2.75, 3.05) is 0 Å². The minimum atomic E-state index is -0.674. The van der Waals surface area contributed by atoms with Crippen LogP contribution in [0.4, 0.5) is 0 Å². The van der Waals surface area contributed by atoms with E-state index in [-0.39, 0.29) is 0 Å². The first-order chi connectivity index (χ1) is 11.7. The minimum absolute atomic E-state index is 0.659. The molecule has 0 radical (unpaired) electrons. The van der Waals surface area contributed by atoms with E-state index in [2.05, 4.69) is 9.97 Å². The number of imidazole rings is 1. The van der Waals surface area contributed by atoms with Crippen LogP contribution in [0.25, 0.3) is 22.4 Å². The Labute approximate surface area is 144 Å². The number of para-hydroxylation sites is 2. The summed E-state index contributed by atoms with van der Waals surface area (Å²) in [6.45, 7) is 0. The molecule has 4 heteroatoms. The third-order valence-corrected chi connectivity index (χ3v) is 4.33. The number of aliphatic hydroxyl groups excluding tert-OH is 1. The maximum absolute atomic E-state index is 10.5. The van der Waals surface area contributed by atoms with Crippen LogP contribution >= 0.6 is 11.6 Å². The number of fused-ring (bicyclic) bond motifs is 1. The van der Waals surface area contributed by atoms with E-state index in [9.17, 15) is 5.11 Å². The molecule has 0 fully saturated rings. The lowest BCUT2D eigenvalue weighted by atomic mass is 10.0. The fourth-order valence-corrected chi connectivity index (χ4v) is 2.88. The molecule has 0 bridgehead atoms. The molecule has 0 amide bonds. The highest BCUT2D eigenvalue weighted by atomic mass is 35.5. The number of aromatic amines is 1. The monoisotopic (exact) mass is 334 g/mol. The van der Waals surface area contributed by atoms with E-state index < -0.39 is 6.10 Å². The topological polar surface area (TPSA) is 48.9 Å². The SMILES string of the molecule is OC(c1ccc(Cl)cc1)c1ccc(-c2nc3ccccc3[nH]2)cc1. The minimum Gasteiger partial charge on any atom is -0.384 e. The first-order valence-electron chi connectivity index (χ1n) is 7.69. The number of aliphatic hydroxyl groups is 1. The van der Waals surface area contributed by atoms with Gasteiger partial charge in [-0.05, 0) is 35.4 Å². The number of aromatic nitrogens is 2. The molecule has 3 nitrogen and oxygen atoms in total. The van der Waals surface area contributed by atoms with E-state index >= 15 is 0 Å². The Hall–Kier alpha value is -2.62. The molecule has 1 heterocycles. The summed E-state index contributed by atoms with van der Waals surface area (Å²) in [4.78, 5) is 7.90. The number of H-pyrrole nitrogens is 1. The van der Waals surface area contributed by atoms with Gasteiger partial charge in [-0.1, -0.05) is 60.1 Å². The summed E-state index contributed by atoms with van der Waals surface area (Å²) < 4.78 is 0. The third kappa shape index (κ3) is 2.80. The molecule has 0 saturated carbocycles. The largest absolute Gasteiger partial charge is 0.384 e. The molecule has 0 aliphatic carbocycles. The molecule has 4 rings (SSSR count). The standard InChI is InChI=1S/C20H15ClN2O/c21-16-11-9-14(10-12-16)19(24)13-5-7-15(8-6-13)20-22-17-3-1-2-4-18(17)23-20/h1-12,19,24H,(H,22,23). The summed E-state index contributed by atoms with van der Waals surface area (Å²) in [5.74, 6) is 0.823. The fourth-order valence-electron chi connectivity index (χ4n) is 2.75. The molecule has 0 saturated heterocycles. The summed E-state index contributed by atoms with van der Waals surface area (Å²) in [5, 5.41) is 11.2. The maximum atomic E-state index is 10.5. The molecule has 0 aliphatic rings. The molecule has 1 unspecified atom stereocenters. The van der Waals surface area contributed by atoms with E-state index in [0.717, 1.165) is 33.5 Å². The highest BCUT2D eigenvalue weighted by Gasteiger charge is 2.11. The molecule has 0 aliphatic heterocycles. The third-order valence-electron chi connectivity index (χ3n) is 4.07. The normalized spacial score (nSPS) is 12.4. The lowest BCUT2D eigenvalue weighted by Crippen LogP contribution is -1.99. The van der Waals surface area contributed by atoms with Gasteiger partial charge in [-0.3, -0.25) is 0 Å². The molecule has 2 N–H and O–H groups in total. The number of hydrogen-bond donors (Lipinski definition) is 2. The molecular formula is C20H15ClN2O. The van der Waals surface area contributed by atoms with Gasteiger partial charge in [0, 0.05) is 10.6 Å². The first kappa shape index (κ1) is 14.9. The molecular weight excluding hydrogens is 320 g/mol. The zero-order valence-corrected chi connectivity index (χ0v) is 13.5. The van der Waals surface area contributed by atoms with Crippen LogP contribution in [0.5, 0.6) is 0 Å². The lowest BCUT2D eigenvalue weighted by Gasteiger charge is -2.12. The molecule has 1 atom stereocenters. The van der Waals surface area contributed by atoms with E-state index in [1.807, 2.05) is 60.7 Å². The van der Waals surface area contributed by atoms with Crippen molar-refractivity contribution in [2.24, 2.45) is 0 Å². The molecule has 0 spiro atoms. The Bertz CT molecular complexity index is 942. The van der Waals surface area contributed by atoms with Crippen LogP contribution in [0.15, 0.2) is 72.8 Å². The van der Waals surface area contributed by atoms with Crippen LogP contribution < -0.4 is 0 Å². The number of halogens is 1. The number of rotatable bonds is 3. The van der Waals surface area contributed by atoms with E-state index in [0.29, 0.717) is 5.02 Å². The lowest BCUT2D eigenvalue weighted by molar-refractivity contribution is 0.220. The second-order valence-electron chi connectivity index (χ2n) is 5.68. The maximum Gasteiger partial charge on any atom is 0.138 e. The average Bonchev–Trinajstić information content (AvgIpc) is 3.06. The molecule has 118 valence electrons. The van der Waals surface area contributed by atoms with Gasteiger partial charge in [0.1, 0.15) is 11.9 Å². The van der Waals surface area contributed by atoms with Gasteiger partial charge in [0.15, 0.2) is 0 Å². The van der Waals surface area contributed by atoms with Crippen LogP contribution in [-0.4, -0.2) is 15.1 Å².